The molecule has 2 fully saturated rings. The van der Waals surface area contributed by atoms with Crippen molar-refractivity contribution in [3.63, 3.8) is 0 Å². The summed E-state index contributed by atoms with van der Waals surface area (Å²) < 4.78 is 34.0. The average molecular weight is 415 g/mol. The third-order valence-corrected chi connectivity index (χ3v) is 7.40. The fourth-order valence-corrected chi connectivity index (χ4v) is 5.38. The molecule has 0 N–H and O–H groups in total. The van der Waals surface area contributed by atoms with E-state index in [9.17, 15) is 8.78 Å². The second-order valence-electron chi connectivity index (χ2n) is 9.60. The summed E-state index contributed by atoms with van der Waals surface area (Å²) in [5.41, 5.74) is 1.76. The normalized spacial score (nSPS) is 29.2. The third-order valence-electron chi connectivity index (χ3n) is 7.40. The van der Waals surface area contributed by atoms with Crippen LogP contribution in [0.25, 0.3) is 5.57 Å². The van der Waals surface area contributed by atoms with Crippen molar-refractivity contribution in [1.82, 2.24) is 0 Å². The Morgan fingerprint density at radius 2 is 1.80 bits per heavy atom. The smallest absolute Gasteiger partial charge is 0.166 e. The minimum absolute atomic E-state index is 0.252. The molecule has 0 aromatic heterocycles. The van der Waals surface area contributed by atoms with Gasteiger partial charge in [0.15, 0.2) is 11.6 Å². The Kier molecular flexibility index (Phi) is 7.41. The Labute approximate surface area is 180 Å². The molecule has 0 bridgehead atoms. The van der Waals surface area contributed by atoms with Crippen LogP contribution in [0.3, 0.4) is 0 Å². The number of ether oxygens (including phenoxy) is 1. The summed E-state index contributed by atoms with van der Waals surface area (Å²) in [7, 11) is 0. The lowest BCUT2D eigenvalue weighted by atomic mass is 9.80. The summed E-state index contributed by atoms with van der Waals surface area (Å²) in [6.07, 6.45) is 20.2. The molecule has 30 heavy (non-hydrogen) atoms. The highest BCUT2D eigenvalue weighted by Gasteiger charge is 2.30. The lowest BCUT2D eigenvalue weighted by Crippen LogP contribution is -2.12. The molecular weight excluding hydrogens is 378 g/mol. The molecule has 0 radical (unpaired) electrons. The van der Waals surface area contributed by atoms with Crippen molar-refractivity contribution in [2.75, 3.05) is 6.61 Å². The maximum atomic E-state index is 14.5. The Balaban J connectivity index is 1.22. The SMILES string of the molecule is CCCC1CCC(/C=C/CCC2CC=C(c3ccc(C4CO4)c(F)c3F)CC2)CC1. The molecule has 1 nitrogen and oxygen atoms in total. The molecule has 1 heterocycles. The van der Waals surface area contributed by atoms with Crippen LogP contribution >= 0.6 is 0 Å². The van der Waals surface area contributed by atoms with Crippen LogP contribution in [0.2, 0.25) is 0 Å². The van der Waals surface area contributed by atoms with Crippen LogP contribution < -0.4 is 0 Å². The number of halogens is 2. The predicted molar refractivity (Wildman–Crippen MR) is 119 cm³/mol. The van der Waals surface area contributed by atoms with Gasteiger partial charge in [0.25, 0.3) is 0 Å². The van der Waals surface area contributed by atoms with Crippen LogP contribution in [0.15, 0.2) is 30.4 Å². The van der Waals surface area contributed by atoms with Crippen molar-refractivity contribution in [3.8, 4) is 0 Å². The van der Waals surface area contributed by atoms with Gasteiger partial charge >= 0.3 is 0 Å². The minimum atomic E-state index is -0.730. The van der Waals surface area contributed by atoms with Gasteiger partial charge in [0, 0.05) is 11.1 Å². The van der Waals surface area contributed by atoms with Crippen LogP contribution in [-0.2, 0) is 4.74 Å². The average Bonchev–Trinajstić information content (AvgIpc) is 3.60. The number of allylic oxidation sites excluding steroid dienone is 4. The maximum absolute atomic E-state index is 14.5. The van der Waals surface area contributed by atoms with Gasteiger partial charge in [-0.3, -0.25) is 0 Å². The lowest BCUT2D eigenvalue weighted by molar-refractivity contribution is 0.294. The fraction of sp³-hybridized carbons (Fsp3) is 0.630. The Bertz CT molecular complexity index is 769. The van der Waals surface area contributed by atoms with Gasteiger partial charge in [-0.05, 0) is 81.1 Å². The van der Waals surface area contributed by atoms with Crippen LogP contribution in [0.1, 0.15) is 94.8 Å². The first-order valence-corrected chi connectivity index (χ1v) is 12.1. The zero-order valence-corrected chi connectivity index (χ0v) is 18.3. The topological polar surface area (TPSA) is 12.5 Å². The van der Waals surface area contributed by atoms with E-state index in [2.05, 4.69) is 25.2 Å². The number of benzene rings is 1. The Hall–Kier alpha value is -1.48. The predicted octanol–water partition coefficient (Wildman–Crippen LogP) is 8.16. The van der Waals surface area contributed by atoms with Gasteiger partial charge in [-0.1, -0.05) is 50.1 Å². The molecule has 164 valence electrons. The van der Waals surface area contributed by atoms with E-state index < -0.39 is 11.6 Å². The summed E-state index contributed by atoms with van der Waals surface area (Å²) >= 11 is 0. The van der Waals surface area contributed by atoms with Crippen molar-refractivity contribution < 1.29 is 13.5 Å². The first-order valence-electron chi connectivity index (χ1n) is 12.1. The molecule has 2 aliphatic carbocycles. The van der Waals surface area contributed by atoms with E-state index in [1.54, 1.807) is 12.1 Å². The van der Waals surface area contributed by atoms with Crippen molar-refractivity contribution in [2.24, 2.45) is 17.8 Å². The van der Waals surface area contributed by atoms with Crippen molar-refractivity contribution in [3.05, 3.63) is 53.1 Å². The van der Waals surface area contributed by atoms with Crippen LogP contribution in [0, 0.1) is 29.4 Å². The van der Waals surface area contributed by atoms with E-state index in [4.69, 9.17) is 4.74 Å². The van der Waals surface area contributed by atoms with Gasteiger partial charge in [0.1, 0.15) is 6.10 Å². The van der Waals surface area contributed by atoms with E-state index in [-0.39, 0.29) is 6.10 Å². The molecule has 4 rings (SSSR count). The highest BCUT2D eigenvalue weighted by molar-refractivity contribution is 5.67. The number of rotatable bonds is 8. The fourth-order valence-electron chi connectivity index (χ4n) is 5.38. The minimum Gasteiger partial charge on any atom is -0.368 e. The van der Waals surface area contributed by atoms with Crippen molar-refractivity contribution in [1.29, 1.82) is 0 Å². The summed E-state index contributed by atoms with van der Waals surface area (Å²) in [6.45, 7) is 2.79. The third kappa shape index (κ3) is 5.41. The van der Waals surface area contributed by atoms with E-state index in [0.29, 0.717) is 23.7 Å². The quantitative estimate of drug-likeness (QED) is 0.309. The van der Waals surface area contributed by atoms with Crippen molar-refractivity contribution >= 4 is 5.57 Å². The molecule has 3 aliphatic rings. The Morgan fingerprint density at radius 1 is 1.00 bits per heavy atom. The van der Waals surface area contributed by atoms with Crippen LogP contribution in [-0.4, -0.2) is 6.61 Å². The summed E-state index contributed by atoms with van der Waals surface area (Å²) in [5.74, 6) is 0.985. The van der Waals surface area contributed by atoms with E-state index in [1.807, 2.05) is 0 Å². The van der Waals surface area contributed by atoms with Gasteiger partial charge < -0.3 is 4.74 Å². The first-order chi connectivity index (χ1) is 14.7. The van der Waals surface area contributed by atoms with Gasteiger partial charge in [-0.25, -0.2) is 8.78 Å². The highest BCUT2D eigenvalue weighted by Crippen LogP contribution is 2.38. The number of hydrogen-bond donors (Lipinski definition) is 0. The molecule has 1 saturated carbocycles. The molecule has 2 atom stereocenters. The molecule has 0 amide bonds. The Morgan fingerprint density at radius 3 is 2.47 bits per heavy atom. The summed E-state index contributed by atoms with van der Waals surface area (Å²) in [5, 5.41) is 0. The number of hydrogen-bond acceptors (Lipinski definition) is 1. The summed E-state index contributed by atoms with van der Waals surface area (Å²) in [6, 6.07) is 3.43. The van der Waals surface area contributed by atoms with Crippen LogP contribution in [0.5, 0.6) is 0 Å². The maximum Gasteiger partial charge on any atom is 0.166 e. The van der Waals surface area contributed by atoms with Gasteiger partial charge in [0.2, 0.25) is 0 Å². The summed E-state index contributed by atoms with van der Waals surface area (Å²) in [4.78, 5) is 0. The monoisotopic (exact) mass is 414 g/mol. The zero-order chi connectivity index (χ0) is 20.9. The standard InChI is InChI=1S/C27H36F2O/c1-2-5-19-8-10-20(11-9-19)6-3-4-7-21-12-14-22(15-13-21)23-16-17-24(25-18-30-25)27(29)26(23)28/h3,6,14,16-17,19-21,25H,2,4-5,7-13,15,18H2,1H3/b6-3+. The molecule has 1 aliphatic heterocycles. The second kappa shape index (κ2) is 10.2. The molecular formula is C27H36F2O. The van der Waals surface area contributed by atoms with E-state index >= 15 is 0 Å². The molecule has 1 aromatic rings. The highest BCUT2D eigenvalue weighted by atomic mass is 19.2. The molecule has 3 heteroatoms. The molecule has 1 saturated heterocycles. The molecule has 1 aromatic carbocycles. The van der Waals surface area contributed by atoms with Crippen LogP contribution in [0.4, 0.5) is 8.78 Å². The molecule has 2 unspecified atom stereocenters. The molecule has 0 spiro atoms. The zero-order valence-electron chi connectivity index (χ0n) is 18.3. The van der Waals surface area contributed by atoms with Crippen molar-refractivity contribution in [2.45, 2.75) is 83.7 Å². The first kappa shape index (κ1) is 21.7. The number of epoxide rings is 1. The second-order valence-corrected chi connectivity index (χ2v) is 9.60. The largest absolute Gasteiger partial charge is 0.368 e. The lowest BCUT2D eigenvalue weighted by Gasteiger charge is -2.26. The van der Waals surface area contributed by atoms with Gasteiger partial charge in [0.05, 0.1) is 6.61 Å². The van der Waals surface area contributed by atoms with E-state index in [1.165, 1.54) is 44.9 Å². The van der Waals surface area contributed by atoms with Gasteiger partial charge in [-0.15, -0.1) is 0 Å². The van der Waals surface area contributed by atoms with Gasteiger partial charge in [-0.2, -0.15) is 0 Å². The van der Waals surface area contributed by atoms with E-state index in [0.717, 1.165) is 43.1 Å².